The molecule has 0 saturated heterocycles. The molecule has 4 aromatic rings. The van der Waals surface area contributed by atoms with Gasteiger partial charge in [-0.05, 0) is 50.2 Å². The Bertz CT molecular complexity index is 1420. The monoisotopic (exact) mass is 486 g/mol. The molecule has 10 nitrogen and oxygen atoms in total. The van der Waals surface area contributed by atoms with Gasteiger partial charge in [0, 0.05) is 30.8 Å². The van der Waals surface area contributed by atoms with Gasteiger partial charge >= 0.3 is 0 Å². The van der Waals surface area contributed by atoms with Crippen LogP contribution in [0.15, 0.2) is 55.0 Å². The summed E-state index contributed by atoms with van der Waals surface area (Å²) in [7, 11) is 0. The summed E-state index contributed by atoms with van der Waals surface area (Å²) in [6.45, 7) is 5.17. The van der Waals surface area contributed by atoms with E-state index in [1.165, 1.54) is 0 Å². The normalized spacial score (nSPS) is 12.5. The molecule has 1 aliphatic heterocycles. The minimum absolute atomic E-state index is 0.0533. The SMILES string of the molecule is CC(C)n1ncc2c(C(=O)NCCC(=O)Nc3cccnc3)cc(-c3ccc4c(c3)OCCO4)nc21. The highest BCUT2D eigenvalue weighted by molar-refractivity contribution is 6.06. The van der Waals surface area contributed by atoms with E-state index in [4.69, 9.17) is 14.5 Å². The number of ether oxygens (including phenoxy) is 2. The molecule has 0 unspecified atom stereocenters. The molecule has 3 aromatic heterocycles. The Labute approximate surface area is 207 Å². The first-order valence-corrected chi connectivity index (χ1v) is 11.8. The molecule has 0 atom stereocenters. The molecule has 1 aromatic carbocycles. The Morgan fingerprint density at radius 3 is 2.69 bits per heavy atom. The minimum Gasteiger partial charge on any atom is -0.486 e. The van der Waals surface area contributed by atoms with Crippen LogP contribution in [0.5, 0.6) is 11.5 Å². The average Bonchev–Trinajstić information content (AvgIpc) is 3.33. The van der Waals surface area contributed by atoms with Gasteiger partial charge < -0.3 is 20.1 Å². The standard InChI is InChI=1S/C26H26N6O4/c1-16(2)32-25-20(15-29-32)19(26(34)28-9-7-24(33)30-18-4-3-8-27-14-18)13-21(31-25)17-5-6-22-23(12-17)36-11-10-35-22/h3-6,8,12-16H,7,9-11H2,1-2H3,(H,28,34)(H,30,33). The number of anilines is 1. The molecule has 36 heavy (non-hydrogen) atoms. The van der Waals surface area contributed by atoms with E-state index in [1.807, 2.05) is 32.0 Å². The number of carbonyl (C=O) groups excluding carboxylic acids is 2. The highest BCUT2D eigenvalue weighted by atomic mass is 16.6. The molecule has 2 N–H and O–H groups in total. The van der Waals surface area contributed by atoms with Crippen molar-refractivity contribution in [3.63, 3.8) is 0 Å². The second-order valence-electron chi connectivity index (χ2n) is 8.63. The fraction of sp³-hybridized carbons (Fsp3) is 0.269. The molecule has 0 saturated carbocycles. The van der Waals surface area contributed by atoms with Gasteiger partial charge in [-0.2, -0.15) is 5.10 Å². The van der Waals surface area contributed by atoms with Gasteiger partial charge in [0.1, 0.15) is 13.2 Å². The van der Waals surface area contributed by atoms with E-state index in [9.17, 15) is 9.59 Å². The van der Waals surface area contributed by atoms with Crippen molar-refractivity contribution in [2.24, 2.45) is 0 Å². The molecular weight excluding hydrogens is 460 g/mol. The fourth-order valence-electron chi connectivity index (χ4n) is 3.98. The molecular formula is C26H26N6O4. The molecule has 184 valence electrons. The second-order valence-corrected chi connectivity index (χ2v) is 8.63. The lowest BCUT2D eigenvalue weighted by Crippen LogP contribution is -2.28. The zero-order chi connectivity index (χ0) is 25.1. The van der Waals surface area contributed by atoms with Gasteiger partial charge in [-0.25, -0.2) is 9.67 Å². The van der Waals surface area contributed by atoms with E-state index >= 15 is 0 Å². The highest BCUT2D eigenvalue weighted by Gasteiger charge is 2.20. The van der Waals surface area contributed by atoms with Crippen molar-refractivity contribution < 1.29 is 19.1 Å². The number of nitrogens with one attached hydrogen (secondary N) is 2. The van der Waals surface area contributed by atoms with Crippen LogP contribution >= 0.6 is 0 Å². The van der Waals surface area contributed by atoms with Gasteiger partial charge in [0.05, 0.1) is 34.7 Å². The number of amides is 2. The minimum atomic E-state index is -0.307. The van der Waals surface area contributed by atoms with E-state index in [0.29, 0.717) is 52.7 Å². The van der Waals surface area contributed by atoms with Crippen LogP contribution in [0.2, 0.25) is 0 Å². The van der Waals surface area contributed by atoms with Crippen molar-refractivity contribution in [2.45, 2.75) is 26.3 Å². The molecule has 1 aliphatic rings. The largest absolute Gasteiger partial charge is 0.486 e. The lowest BCUT2D eigenvalue weighted by Gasteiger charge is -2.19. The summed E-state index contributed by atoms with van der Waals surface area (Å²) < 4.78 is 13.1. The Kier molecular flexibility index (Phi) is 6.48. The molecule has 4 heterocycles. The van der Waals surface area contributed by atoms with Gasteiger partial charge in [-0.15, -0.1) is 0 Å². The third-order valence-electron chi connectivity index (χ3n) is 5.72. The van der Waals surface area contributed by atoms with Crippen molar-refractivity contribution in [3.8, 4) is 22.8 Å². The number of aromatic nitrogens is 4. The van der Waals surface area contributed by atoms with Gasteiger partial charge in [0.25, 0.3) is 5.91 Å². The van der Waals surface area contributed by atoms with Crippen LogP contribution in [0, 0.1) is 0 Å². The Hall–Kier alpha value is -4.47. The van der Waals surface area contributed by atoms with Crippen LogP contribution in [0.1, 0.15) is 36.7 Å². The van der Waals surface area contributed by atoms with E-state index < -0.39 is 0 Å². The molecule has 0 bridgehead atoms. The van der Waals surface area contributed by atoms with Gasteiger partial charge in [0.2, 0.25) is 5.91 Å². The quantitative estimate of drug-likeness (QED) is 0.409. The lowest BCUT2D eigenvalue weighted by molar-refractivity contribution is -0.116. The first-order chi connectivity index (χ1) is 17.5. The van der Waals surface area contributed by atoms with Crippen molar-refractivity contribution in [1.82, 2.24) is 25.1 Å². The number of fused-ring (bicyclic) bond motifs is 2. The predicted molar refractivity (Wildman–Crippen MR) is 134 cm³/mol. The zero-order valence-corrected chi connectivity index (χ0v) is 20.0. The maximum atomic E-state index is 13.2. The van der Waals surface area contributed by atoms with Crippen LogP contribution in [-0.2, 0) is 4.79 Å². The lowest BCUT2D eigenvalue weighted by atomic mass is 10.1. The number of benzene rings is 1. The molecule has 0 spiro atoms. The summed E-state index contributed by atoms with van der Waals surface area (Å²) in [5.41, 5.74) is 3.06. The Morgan fingerprint density at radius 1 is 1.08 bits per heavy atom. The maximum absolute atomic E-state index is 13.2. The van der Waals surface area contributed by atoms with Crippen LogP contribution in [0.4, 0.5) is 5.69 Å². The fourth-order valence-corrected chi connectivity index (χ4v) is 3.98. The highest BCUT2D eigenvalue weighted by Crippen LogP contribution is 2.35. The van der Waals surface area contributed by atoms with E-state index in [1.54, 1.807) is 41.5 Å². The van der Waals surface area contributed by atoms with Crippen molar-refractivity contribution >= 4 is 28.5 Å². The maximum Gasteiger partial charge on any atom is 0.252 e. The van der Waals surface area contributed by atoms with Gasteiger partial charge in [-0.3, -0.25) is 14.6 Å². The average molecular weight is 487 g/mol. The molecule has 2 amide bonds. The Morgan fingerprint density at radius 2 is 1.92 bits per heavy atom. The van der Waals surface area contributed by atoms with Crippen molar-refractivity contribution in [2.75, 3.05) is 25.1 Å². The van der Waals surface area contributed by atoms with Crippen molar-refractivity contribution in [3.05, 3.63) is 60.6 Å². The summed E-state index contributed by atoms with van der Waals surface area (Å²) in [5, 5.41) is 10.7. The topological polar surface area (TPSA) is 120 Å². The summed E-state index contributed by atoms with van der Waals surface area (Å²) in [5.74, 6) is 0.802. The van der Waals surface area contributed by atoms with Crippen LogP contribution in [-0.4, -0.2) is 51.3 Å². The number of hydrogen-bond donors (Lipinski definition) is 2. The summed E-state index contributed by atoms with van der Waals surface area (Å²) >= 11 is 0. The summed E-state index contributed by atoms with van der Waals surface area (Å²) in [6, 6.07) is 10.9. The Balaban J connectivity index is 1.40. The van der Waals surface area contributed by atoms with Crippen LogP contribution in [0.3, 0.4) is 0 Å². The number of pyridine rings is 2. The van der Waals surface area contributed by atoms with Crippen molar-refractivity contribution in [1.29, 1.82) is 0 Å². The van der Waals surface area contributed by atoms with Crippen LogP contribution in [0.25, 0.3) is 22.3 Å². The molecule has 0 fully saturated rings. The van der Waals surface area contributed by atoms with Gasteiger partial charge in [-0.1, -0.05) is 0 Å². The molecule has 0 radical (unpaired) electrons. The van der Waals surface area contributed by atoms with Gasteiger partial charge in [0.15, 0.2) is 17.1 Å². The smallest absolute Gasteiger partial charge is 0.252 e. The predicted octanol–water partition coefficient (Wildman–Crippen LogP) is 3.60. The second kappa shape index (κ2) is 10.0. The van der Waals surface area contributed by atoms with Crippen LogP contribution < -0.4 is 20.1 Å². The number of carbonyl (C=O) groups is 2. The van der Waals surface area contributed by atoms with E-state index in [-0.39, 0.29) is 30.8 Å². The number of nitrogens with zero attached hydrogens (tertiary/aromatic N) is 4. The van der Waals surface area contributed by atoms with E-state index in [0.717, 1.165) is 5.56 Å². The molecule has 10 heteroatoms. The third-order valence-corrected chi connectivity index (χ3v) is 5.72. The summed E-state index contributed by atoms with van der Waals surface area (Å²) in [4.78, 5) is 34.3. The third kappa shape index (κ3) is 4.83. The molecule has 5 rings (SSSR count). The van der Waals surface area contributed by atoms with E-state index in [2.05, 4.69) is 20.7 Å². The first kappa shape index (κ1) is 23.3. The summed E-state index contributed by atoms with van der Waals surface area (Å²) in [6.07, 6.45) is 4.97. The first-order valence-electron chi connectivity index (χ1n) is 11.8. The number of rotatable bonds is 7. The zero-order valence-electron chi connectivity index (χ0n) is 20.0. The number of hydrogen-bond acceptors (Lipinski definition) is 7. The molecule has 0 aliphatic carbocycles.